The molecule has 6 heteroatoms. The molecule has 0 radical (unpaired) electrons. The van der Waals surface area contributed by atoms with Crippen molar-refractivity contribution in [2.24, 2.45) is 0 Å². The van der Waals surface area contributed by atoms with Gasteiger partial charge >= 0.3 is 10.4 Å². The van der Waals surface area contributed by atoms with Crippen LogP contribution >= 0.6 is 0 Å². The zero-order chi connectivity index (χ0) is 10.9. The fourth-order valence-corrected chi connectivity index (χ4v) is 0.671. The highest BCUT2D eigenvalue weighted by atomic mass is 32.3. The van der Waals surface area contributed by atoms with Crippen molar-refractivity contribution in [3.05, 3.63) is 0 Å². The van der Waals surface area contributed by atoms with Gasteiger partial charge in [-0.25, -0.2) is 0 Å². The van der Waals surface area contributed by atoms with Crippen molar-refractivity contribution >= 4 is 10.4 Å². The molecule has 82 valence electrons. The molecule has 0 aromatic carbocycles. The summed E-state index contributed by atoms with van der Waals surface area (Å²) >= 11 is 0. The third-order valence-corrected chi connectivity index (χ3v) is 1.97. The van der Waals surface area contributed by atoms with Crippen LogP contribution in [0.2, 0.25) is 0 Å². The summed E-state index contributed by atoms with van der Waals surface area (Å²) in [6.45, 7) is 10.1. The molecule has 0 aliphatic carbocycles. The fourth-order valence-electron chi connectivity index (χ4n) is 0.671. The minimum absolute atomic E-state index is 0.870. The summed E-state index contributed by atoms with van der Waals surface area (Å²) in [6, 6.07) is 0. The van der Waals surface area contributed by atoms with E-state index in [0.29, 0.717) is 0 Å². The standard InChI is InChI=1S/C6H15N.CH4O4S/c1-4-7(5-2)6-3;1-5-6(2,3)4/h4-6H2,1-3H3;1H3,(H,2,3,4). The van der Waals surface area contributed by atoms with E-state index in [1.54, 1.807) is 0 Å². The molecule has 0 aliphatic heterocycles. The first-order chi connectivity index (χ1) is 5.91. The van der Waals surface area contributed by atoms with Gasteiger partial charge in [0.25, 0.3) is 0 Å². The summed E-state index contributed by atoms with van der Waals surface area (Å²) in [4.78, 5) is 2.38. The van der Waals surface area contributed by atoms with Crippen molar-refractivity contribution in [1.29, 1.82) is 0 Å². The molecule has 0 spiro atoms. The maximum Gasteiger partial charge on any atom is 0.397 e. The van der Waals surface area contributed by atoms with E-state index in [1.807, 2.05) is 0 Å². The maximum absolute atomic E-state index is 9.33. The Morgan fingerprint density at radius 1 is 1.15 bits per heavy atom. The molecule has 13 heavy (non-hydrogen) atoms. The van der Waals surface area contributed by atoms with E-state index in [1.165, 1.54) is 19.6 Å². The van der Waals surface area contributed by atoms with Gasteiger partial charge in [-0.2, -0.15) is 8.42 Å². The first-order valence-corrected chi connectivity index (χ1v) is 5.53. The van der Waals surface area contributed by atoms with Gasteiger partial charge < -0.3 is 4.90 Å². The topological polar surface area (TPSA) is 66.8 Å². The minimum Gasteiger partial charge on any atom is -0.304 e. The van der Waals surface area contributed by atoms with Gasteiger partial charge in [0, 0.05) is 0 Å². The van der Waals surface area contributed by atoms with Gasteiger partial charge in [0.1, 0.15) is 0 Å². The fraction of sp³-hybridized carbons (Fsp3) is 1.00. The Morgan fingerprint density at radius 3 is 1.38 bits per heavy atom. The normalized spacial score (nSPS) is 10.9. The van der Waals surface area contributed by atoms with Crippen LogP contribution < -0.4 is 0 Å². The van der Waals surface area contributed by atoms with Crippen LogP contribution in [0, 0.1) is 0 Å². The average molecular weight is 213 g/mol. The lowest BCUT2D eigenvalue weighted by atomic mass is 10.5. The third kappa shape index (κ3) is 14.7. The Bertz CT molecular complexity index is 181. The molecule has 1 N–H and O–H groups in total. The third-order valence-electron chi connectivity index (χ3n) is 1.55. The summed E-state index contributed by atoms with van der Waals surface area (Å²) < 4.78 is 29.7. The number of rotatable bonds is 4. The second-order valence-corrected chi connectivity index (χ2v) is 3.40. The Labute approximate surface area is 80.6 Å². The van der Waals surface area contributed by atoms with Crippen molar-refractivity contribution in [3.8, 4) is 0 Å². The van der Waals surface area contributed by atoms with E-state index < -0.39 is 10.4 Å². The summed E-state index contributed by atoms with van der Waals surface area (Å²) in [7, 11) is -3.29. The number of hydrogen-bond donors (Lipinski definition) is 1. The minimum atomic E-state index is -4.16. The lowest BCUT2D eigenvalue weighted by Gasteiger charge is -2.13. The lowest BCUT2D eigenvalue weighted by Crippen LogP contribution is -2.21. The molecule has 0 unspecified atom stereocenters. The number of hydrogen-bond acceptors (Lipinski definition) is 4. The van der Waals surface area contributed by atoms with Crippen LogP contribution in [0.4, 0.5) is 0 Å². The zero-order valence-corrected chi connectivity index (χ0v) is 9.47. The van der Waals surface area contributed by atoms with E-state index in [0.717, 1.165) is 7.11 Å². The summed E-state index contributed by atoms with van der Waals surface area (Å²) in [5.74, 6) is 0. The van der Waals surface area contributed by atoms with Gasteiger partial charge in [0.05, 0.1) is 7.11 Å². The molecule has 0 amide bonds. The molecule has 0 saturated heterocycles. The molecular weight excluding hydrogens is 194 g/mol. The molecule has 0 aliphatic rings. The Morgan fingerprint density at radius 2 is 1.38 bits per heavy atom. The van der Waals surface area contributed by atoms with Gasteiger partial charge in [-0.1, -0.05) is 20.8 Å². The Hall–Kier alpha value is -0.170. The molecule has 0 saturated carbocycles. The van der Waals surface area contributed by atoms with Crippen LogP contribution in [0.5, 0.6) is 0 Å². The Kier molecular flexibility index (Phi) is 9.93. The molecule has 0 aromatic heterocycles. The average Bonchev–Trinajstić information content (AvgIpc) is 2.07. The van der Waals surface area contributed by atoms with Crippen molar-refractivity contribution in [2.45, 2.75) is 20.8 Å². The van der Waals surface area contributed by atoms with Crippen LogP contribution in [0.25, 0.3) is 0 Å². The van der Waals surface area contributed by atoms with Gasteiger partial charge in [0.2, 0.25) is 0 Å². The number of nitrogens with zero attached hydrogens (tertiary/aromatic N) is 1. The molecule has 0 aromatic rings. The quantitative estimate of drug-likeness (QED) is 0.699. The first kappa shape index (κ1) is 15.3. The van der Waals surface area contributed by atoms with Gasteiger partial charge in [-0.05, 0) is 19.6 Å². The predicted octanol–water partition coefficient (Wildman–Crippen LogP) is 0.784. The molecule has 0 atom stereocenters. The molecule has 0 rings (SSSR count). The van der Waals surface area contributed by atoms with E-state index in [-0.39, 0.29) is 0 Å². The molecule has 0 heterocycles. The highest BCUT2D eigenvalue weighted by Gasteiger charge is 1.94. The van der Waals surface area contributed by atoms with Crippen molar-refractivity contribution in [2.75, 3.05) is 26.7 Å². The second-order valence-electron chi connectivity index (χ2n) is 2.21. The van der Waals surface area contributed by atoms with Crippen LogP contribution in [0.3, 0.4) is 0 Å². The lowest BCUT2D eigenvalue weighted by molar-refractivity contribution is 0.321. The first-order valence-electron chi connectivity index (χ1n) is 4.16. The molecule has 0 bridgehead atoms. The van der Waals surface area contributed by atoms with E-state index >= 15 is 0 Å². The SMILES string of the molecule is CCN(CC)CC.COS(=O)(=O)O. The summed E-state index contributed by atoms with van der Waals surface area (Å²) in [5.41, 5.74) is 0. The van der Waals surface area contributed by atoms with Crippen molar-refractivity contribution in [1.82, 2.24) is 4.90 Å². The molecule has 0 fully saturated rings. The van der Waals surface area contributed by atoms with Crippen molar-refractivity contribution in [3.63, 3.8) is 0 Å². The highest BCUT2D eigenvalue weighted by Crippen LogP contribution is 1.81. The smallest absolute Gasteiger partial charge is 0.304 e. The van der Waals surface area contributed by atoms with Crippen LogP contribution in [0.1, 0.15) is 20.8 Å². The van der Waals surface area contributed by atoms with E-state index in [9.17, 15) is 8.42 Å². The van der Waals surface area contributed by atoms with E-state index in [2.05, 4.69) is 29.9 Å². The second kappa shape index (κ2) is 8.43. The molecule has 5 nitrogen and oxygen atoms in total. The predicted molar refractivity (Wildman–Crippen MR) is 52.0 cm³/mol. The monoisotopic (exact) mass is 213 g/mol. The zero-order valence-electron chi connectivity index (χ0n) is 8.65. The van der Waals surface area contributed by atoms with Crippen LogP contribution in [0.15, 0.2) is 0 Å². The molecular formula is C7H19NO4S. The Balaban J connectivity index is 0. The maximum atomic E-state index is 9.33. The van der Waals surface area contributed by atoms with Crippen LogP contribution in [-0.2, 0) is 14.6 Å². The van der Waals surface area contributed by atoms with Gasteiger partial charge in [0.15, 0.2) is 0 Å². The highest BCUT2D eigenvalue weighted by molar-refractivity contribution is 7.80. The van der Waals surface area contributed by atoms with Gasteiger partial charge in [-0.3, -0.25) is 8.74 Å². The van der Waals surface area contributed by atoms with Gasteiger partial charge in [-0.15, -0.1) is 0 Å². The van der Waals surface area contributed by atoms with Crippen molar-refractivity contribution < 1.29 is 17.2 Å². The van der Waals surface area contributed by atoms with Crippen LogP contribution in [-0.4, -0.2) is 44.6 Å². The largest absolute Gasteiger partial charge is 0.397 e. The van der Waals surface area contributed by atoms with E-state index in [4.69, 9.17) is 4.55 Å². The summed E-state index contributed by atoms with van der Waals surface area (Å²) in [5, 5.41) is 0. The summed E-state index contributed by atoms with van der Waals surface area (Å²) in [6.07, 6.45) is 0.